The molecule has 0 saturated heterocycles. The minimum absolute atomic E-state index is 0.0863. The average Bonchev–Trinajstić information content (AvgIpc) is 2.25. The summed E-state index contributed by atoms with van der Waals surface area (Å²) in [6, 6.07) is 0. The number of hydrogen-bond acceptors (Lipinski definition) is 6. The Morgan fingerprint density at radius 1 is 1.33 bits per heavy atom. The van der Waals surface area contributed by atoms with Gasteiger partial charge in [-0.2, -0.15) is 0 Å². The lowest BCUT2D eigenvalue weighted by Gasteiger charge is -2.26. The predicted octanol–water partition coefficient (Wildman–Crippen LogP) is 2.03. The first-order valence-electron chi connectivity index (χ1n) is 5.45. The third-order valence-corrected chi connectivity index (χ3v) is 1.82. The summed E-state index contributed by atoms with van der Waals surface area (Å²) in [6.07, 6.45) is -1.32. The summed E-state index contributed by atoms with van der Waals surface area (Å²) in [5.74, 6) is -1.64. The van der Waals surface area contributed by atoms with Crippen LogP contribution in [0.4, 0.5) is 4.79 Å². The minimum Gasteiger partial charge on any atom is -0.457 e. The second-order valence-electron chi connectivity index (χ2n) is 4.26. The molecule has 1 atom stereocenters. The molecular formula is C12H20O6. The van der Waals surface area contributed by atoms with Crippen LogP contribution in [0.3, 0.4) is 0 Å². The third kappa shape index (κ3) is 6.90. The van der Waals surface area contributed by atoms with Gasteiger partial charge in [-0.05, 0) is 13.8 Å². The van der Waals surface area contributed by atoms with Gasteiger partial charge in [0.05, 0.1) is 13.7 Å². The molecule has 0 bridgehead atoms. The van der Waals surface area contributed by atoms with Crippen molar-refractivity contribution in [1.29, 1.82) is 0 Å². The van der Waals surface area contributed by atoms with Crippen molar-refractivity contribution < 1.29 is 28.5 Å². The molecule has 6 nitrogen and oxygen atoms in total. The van der Waals surface area contributed by atoms with Gasteiger partial charge in [-0.15, -0.1) is 0 Å². The second kappa shape index (κ2) is 7.00. The predicted molar refractivity (Wildman–Crippen MR) is 63.9 cm³/mol. The Kier molecular flexibility index (Phi) is 6.40. The van der Waals surface area contributed by atoms with Crippen LogP contribution < -0.4 is 0 Å². The quantitative estimate of drug-likeness (QED) is 0.413. The minimum atomic E-state index is -1.16. The number of hydrogen-bond donors (Lipinski definition) is 0. The van der Waals surface area contributed by atoms with Crippen LogP contribution in [0, 0.1) is 0 Å². The zero-order valence-corrected chi connectivity index (χ0v) is 11.4. The highest BCUT2D eigenvalue weighted by atomic mass is 16.8. The lowest BCUT2D eigenvalue weighted by atomic mass is 10.3. The van der Waals surface area contributed by atoms with Gasteiger partial charge >= 0.3 is 12.1 Å². The Labute approximate surface area is 107 Å². The first-order valence-corrected chi connectivity index (χ1v) is 5.45. The first kappa shape index (κ1) is 16.4. The van der Waals surface area contributed by atoms with Crippen LogP contribution in [0.1, 0.15) is 27.7 Å². The molecule has 6 heteroatoms. The molecule has 104 valence electrons. The standard InChI is InChI=1S/C12H20O6/c1-8(2)10(13)17-9(3)7-16-12(4,5)18-11(14)15-6/h9H,1,7H2,2-6H3. The maximum absolute atomic E-state index is 11.2. The van der Waals surface area contributed by atoms with Gasteiger partial charge in [0.15, 0.2) is 0 Å². The fourth-order valence-corrected chi connectivity index (χ4v) is 0.907. The van der Waals surface area contributed by atoms with Crippen LogP contribution in [0.5, 0.6) is 0 Å². The van der Waals surface area contributed by atoms with Crippen molar-refractivity contribution in [3.63, 3.8) is 0 Å². The van der Waals surface area contributed by atoms with E-state index in [2.05, 4.69) is 11.3 Å². The molecular weight excluding hydrogens is 240 g/mol. The second-order valence-corrected chi connectivity index (χ2v) is 4.26. The van der Waals surface area contributed by atoms with Crippen molar-refractivity contribution in [3.05, 3.63) is 12.2 Å². The number of rotatable bonds is 6. The molecule has 0 spiro atoms. The zero-order chi connectivity index (χ0) is 14.3. The number of methoxy groups -OCH3 is 1. The summed E-state index contributed by atoms with van der Waals surface area (Å²) in [5, 5.41) is 0. The zero-order valence-electron chi connectivity index (χ0n) is 11.4. The van der Waals surface area contributed by atoms with E-state index >= 15 is 0 Å². The van der Waals surface area contributed by atoms with Crippen molar-refractivity contribution in [2.45, 2.75) is 39.6 Å². The molecule has 0 aromatic carbocycles. The lowest BCUT2D eigenvalue weighted by molar-refractivity contribution is -0.203. The highest BCUT2D eigenvalue weighted by molar-refractivity contribution is 5.87. The van der Waals surface area contributed by atoms with Gasteiger partial charge in [-0.1, -0.05) is 6.58 Å². The van der Waals surface area contributed by atoms with Crippen molar-refractivity contribution in [2.24, 2.45) is 0 Å². The molecule has 0 aromatic rings. The largest absolute Gasteiger partial charge is 0.510 e. The van der Waals surface area contributed by atoms with Crippen LogP contribution in [-0.2, 0) is 23.7 Å². The SMILES string of the molecule is C=C(C)C(=O)OC(C)COC(C)(C)OC(=O)OC. The molecule has 0 aliphatic rings. The Balaban J connectivity index is 4.11. The van der Waals surface area contributed by atoms with Crippen LogP contribution in [-0.4, -0.2) is 37.7 Å². The Morgan fingerprint density at radius 3 is 2.33 bits per heavy atom. The van der Waals surface area contributed by atoms with Gasteiger partial charge < -0.3 is 18.9 Å². The van der Waals surface area contributed by atoms with Gasteiger partial charge in [0.2, 0.25) is 5.79 Å². The van der Waals surface area contributed by atoms with Crippen molar-refractivity contribution in [3.8, 4) is 0 Å². The van der Waals surface area contributed by atoms with E-state index in [-0.39, 0.29) is 6.61 Å². The molecule has 0 aliphatic carbocycles. The van der Waals surface area contributed by atoms with E-state index in [9.17, 15) is 9.59 Å². The van der Waals surface area contributed by atoms with Gasteiger partial charge in [-0.3, -0.25) is 0 Å². The molecule has 0 aliphatic heterocycles. The van der Waals surface area contributed by atoms with E-state index in [1.165, 1.54) is 7.11 Å². The third-order valence-electron chi connectivity index (χ3n) is 1.82. The number of carbonyl (C=O) groups excluding carboxylic acids is 2. The smallest absolute Gasteiger partial charge is 0.457 e. The average molecular weight is 260 g/mol. The monoisotopic (exact) mass is 260 g/mol. The summed E-state index contributed by atoms with van der Waals surface area (Å²) in [4.78, 5) is 22.1. The Morgan fingerprint density at radius 2 is 1.89 bits per heavy atom. The summed E-state index contributed by atoms with van der Waals surface area (Å²) in [6.45, 7) is 9.88. The first-order chi connectivity index (χ1) is 8.18. The van der Waals surface area contributed by atoms with Crippen LogP contribution >= 0.6 is 0 Å². The maximum atomic E-state index is 11.2. The van der Waals surface area contributed by atoms with Crippen molar-refractivity contribution in [1.82, 2.24) is 0 Å². The molecule has 0 N–H and O–H groups in total. The van der Waals surface area contributed by atoms with Gasteiger partial charge in [0.1, 0.15) is 6.10 Å². The maximum Gasteiger partial charge on any atom is 0.510 e. The molecule has 0 aromatic heterocycles. The lowest BCUT2D eigenvalue weighted by Crippen LogP contribution is -2.35. The highest BCUT2D eigenvalue weighted by Gasteiger charge is 2.25. The number of ether oxygens (including phenoxy) is 4. The summed E-state index contributed by atoms with van der Waals surface area (Å²) < 4.78 is 19.5. The van der Waals surface area contributed by atoms with E-state index in [4.69, 9.17) is 14.2 Å². The van der Waals surface area contributed by atoms with Gasteiger partial charge in [0, 0.05) is 19.4 Å². The van der Waals surface area contributed by atoms with E-state index in [1.54, 1.807) is 27.7 Å². The molecule has 0 saturated carbocycles. The van der Waals surface area contributed by atoms with E-state index in [0.717, 1.165) is 0 Å². The van der Waals surface area contributed by atoms with E-state index < -0.39 is 24.0 Å². The molecule has 18 heavy (non-hydrogen) atoms. The molecule has 0 fully saturated rings. The summed E-state index contributed by atoms with van der Waals surface area (Å²) >= 11 is 0. The fraction of sp³-hybridized carbons (Fsp3) is 0.667. The van der Waals surface area contributed by atoms with Crippen LogP contribution in [0.25, 0.3) is 0 Å². The topological polar surface area (TPSA) is 71.1 Å². The number of carbonyl (C=O) groups is 2. The van der Waals surface area contributed by atoms with Crippen LogP contribution in [0.2, 0.25) is 0 Å². The van der Waals surface area contributed by atoms with Gasteiger partial charge in [0.25, 0.3) is 0 Å². The highest BCUT2D eigenvalue weighted by Crippen LogP contribution is 2.13. The Bertz CT molecular complexity index is 321. The van der Waals surface area contributed by atoms with E-state index in [1.807, 2.05) is 0 Å². The molecule has 0 radical (unpaired) electrons. The molecule has 0 amide bonds. The van der Waals surface area contributed by atoms with Crippen molar-refractivity contribution >= 4 is 12.1 Å². The van der Waals surface area contributed by atoms with Crippen LogP contribution in [0.15, 0.2) is 12.2 Å². The van der Waals surface area contributed by atoms with Crippen molar-refractivity contribution in [2.75, 3.05) is 13.7 Å². The normalized spacial score (nSPS) is 12.5. The fourth-order valence-electron chi connectivity index (χ4n) is 0.907. The number of esters is 1. The molecule has 0 rings (SSSR count). The van der Waals surface area contributed by atoms with E-state index in [0.29, 0.717) is 5.57 Å². The summed E-state index contributed by atoms with van der Waals surface area (Å²) in [5.41, 5.74) is 0.312. The van der Waals surface area contributed by atoms with Gasteiger partial charge in [-0.25, -0.2) is 9.59 Å². The Hall–Kier alpha value is -1.56. The summed E-state index contributed by atoms with van der Waals surface area (Å²) in [7, 11) is 1.20. The molecule has 1 unspecified atom stereocenters. The molecule has 0 heterocycles.